The van der Waals surface area contributed by atoms with E-state index >= 15 is 0 Å². The SMILES string of the molecule is CCCCCCc1ccc(-c2ccc(/C=c3\s/c(=C\c4ccc(-c5ccc(CCCCCC)s5)s4)c4nc5ccccc5nc34)s2)s1. The second-order valence-electron chi connectivity index (χ2n) is 12.1. The predicted molar refractivity (Wildman–Crippen MR) is 212 cm³/mol. The van der Waals surface area contributed by atoms with E-state index < -0.39 is 0 Å². The third kappa shape index (κ3) is 7.87. The molecule has 0 saturated carbocycles. The molecule has 7 rings (SSSR count). The van der Waals surface area contributed by atoms with Crippen LogP contribution in [0.2, 0.25) is 0 Å². The third-order valence-electron chi connectivity index (χ3n) is 8.42. The summed E-state index contributed by atoms with van der Waals surface area (Å²) in [6.07, 6.45) is 17.5. The van der Waals surface area contributed by atoms with Crippen LogP contribution in [0, 0.1) is 0 Å². The molecule has 0 spiro atoms. The Labute approximate surface area is 297 Å². The average Bonchev–Trinajstić information content (AvgIpc) is 3.93. The first-order chi connectivity index (χ1) is 23.2. The highest BCUT2D eigenvalue weighted by atomic mass is 32.1. The summed E-state index contributed by atoms with van der Waals surface area (Å²) in [7, 11) is 0. The number of nitrogens with zero attached hydrogens (tertiary/aromatic N) is 2. The number of aryl methyl sites for hydroxylation is 2. The summed E-state index contributed by atoms with van der Waals surface area (Å²) in [5.41, 5.74) is 3.86. The monoisotopic (exact) mass is 708 g/mol. The number of unbranched alkanes of at least 4 members (excludes halogenated alkanes) is 6. The van der Waals surface area contributed by atoms with Crippen molar-refractivity contribution in [3.63, 3.8) is 0 Å². The molecule has 0 aliphatic heterocycles. The molecule has 47 heavy (non-hydrogen) atoms. The fourth-order valence-electron chi connectivity index (χ4n) is 5.88. The van der Waals surface area contributed by atoms with Crippen molar-refractivity contribution in [3.05, 3.63) is 101 Å². The molecule has 2 nitrogen and oxygen atoms in total. The molecule has 0 fully saturated rings. The maximum atomic E-state index is 5.15. The summed E-state index contributed by atoms with van der Waals surface area (Å²) < 4.78 is 2.34. The van der Waals surface area contributed by atoms with Crippen molar-refractivity contribution in [1.82, 2.24) is 9.97 Å². The van der Waals surface area contributed by atoms with Crippen LogP contribution in [0.1, 0.15) is 84.7 Å². The minimum Gasteiger partial charge on any atom is -0.243 e. The van der Waals surface area contributed by atoms with Gasteiger partial charge < -0.3 is 0 Å². The zero-order valence-electron chi connectivity index (χ0n) is 27.1. The van der Waals surface area contributed by atoms with Crippen LogP contribution in [-0.2, 0) is 12.8 Å². The highest BCUT2D eigenvalue weighted by molar-refractivity contribution is 7.23. The van der Waals surface area contributed by atoms with Crippen molar-refractivity contribution >= 4 is 90.9 Å². The van der Waals surface area contributed by atoms with Gasteiger partial charge in [0.15, 0.2) is 0 Å². The molecule has 0 aliphatic rings. The molecule has 0 amide bonds. The van der Waals surface area contributed by atoms with E-state index in [0.717, 1.165) is 22.1 Å². The van der Waals surface area contributed by atoms with Gasteiger partial charge in [-0.05, 0) is 98.5 Å². The first kappa shape index (κ1) is 32.6. The molecule has 0 unspecified atom stereocenters. The average molecular weight is 709 g/mol. The van der Waals surface area contributed by atoms with E-state index in [1.54, 1.807) is 11.3 Å². The van der Waals surface area contributed by atoms with E-state index in [2.05, 4.69) is 86.7 Å². The van der Waals surface area contributed by atoms with Crippen LogP contribution < -0.4 is 9.06 Å². The lowest BCUT2D eigenvalue weighted by Gasteiger charge is -1.97. The van der Waals surface area contributed by atoms with Crippen molar-refractivity contribution in [2.75, 3.05) is 0 Å². The molecule has 0 saturated heterocycles. The van der Waals surface area contributed by atoms with E-state index in [9.17, 15) is 0 Å². The number of para-hydroxylation sites is 2. The van der Waals surface area contributed by atoms with Crippen LogP contribution in [0.3, 0.4) is 0 Å². The number of rotatable bonds is 14. The van der Waals surface area contributed by atoms with Gasteiger partial charge in [0.05, 0.1) is 20.1 Å². The van der Waals surface area contributed by atoms with E-state index in [1.807, 2.05) is 57.5 Å². The van der Waals surface area contributed by atoms with Gasteiger partial charge in [0.2, 0.25) is 0 Å². The summed E-state index contributed by atoms with van der Waals surface area (Å²) in [6, 6.07) is 26.6. The molecule has 6 heterocycles. The maximum Gasteiger partial charge on any atom is 0.108 e. The Bertz CT molecular complexity index is 2050. The highest BCUT2D eigenvalue weighted by Crippen LogP contribution is 2.36. The molecule has 0 radical (unpaired) electrons. The number of benzene rings is 1. The van der Waals surface area contributed by atoms with E-state index in [-0.39, 0.29) is 0 Å². The van der Waals surface area contributed by atoms with Crippen LogP contribution in [0.25, 0.3) is 53.7 Å². The van der Waals surface area contributed by atoms with Gasteiger partial charge in [0.25, 0.3) is 0 Å². The molecule has 0 aliphatic carbocycles. The summed E-state index contributed by atoms with van der Waals surface area (Å²) in [6.45, 7) is 4.55. The second-order valence-corrected chi connectivity index (χ2v) is 17.7. The Morgan fingerprint density at radius 2 is 0.915 bits per heavy atom. The normalized spacial score (nSPS) is 12.7. The molecule has 7 heteroatoms. The first-order valence-corrected chi connectivity index (χ1v) is 21.0. The lowest BCUT2D eigenvalue weighted by atomic mass is 10.1. The van der Waals surface area contributed by atoms with Gasteiger partial charge in [-0.15, -0.1) is 56.7 Å². The summed E-state index contributed by atoms with van der Waals surface area (Å²) in [4.78, 5) is 21.2. The molecule has 240 valence electrons. The maximum absolute atomic E-state index is 5.15. The first-order valence-electron chi connectivity index (χ1n) is 16.9. The van der Waals surface area contributed by atoms with Crippen LogP contribution in [0.4, 0.5) is 0 Å². The molecule has 1 aromatic carbocycles. The fraction of sp³-hybridized carbons (Fsp3) is 0.300. The zero-order chi connectivity index (χ0) is 32.0. The van der Waals surface area contributed by atoms with E-state index in [4.69, 9.17) is 9.97 Å². The second kappa shape index (κ2) is 15.5. The number of hydrogen-bond acceptors (Lipinski definition) is 7. The molecular weight excluding hydrogens is 669 g/mol. The predicted octanol–water partition coefficient (Wildman–Crippen LogP) is 12.3. The number of fused-ring (bicyclic) bond motifs is 2. The van der Waals surface area contributed by atoms with Crippen molar-refractivity contribution in [2.24, 2.45) is 0 Å². The number of hydrogen-bond donors (Lipinski definition) is 0. The Hall–Kier alpha value is -2.94. The van der Waals surface area contributed by atoms with Gasteiger partial charge in [-0.25, -0.2) is 9.97 Å². The molecule has 0 bridgehead atoms. The van der Waals surface area contributed by atoms with Crippen molar-refractivity contribution in [1.29, 1.82) is 0 Å². The van der Waals surface area contributed by atoms with Crippen LogP contribution in [-0.4, -0.2) is 9.97 Å². The number of thiophene rings is 5. The Morgan fingerprint density at radius 3 is 1.38 bits per heavy atom. The Kier molecular flexibility index (Phi) is 10.8. The van der Waals surface area contributed by atoms with Gasteiger partial charge in [0.1, 0.15) is 11.0 Å². The summed E-state index contributed by atoms with van der Waals surface area (Å²) in [5.74, 6) is 0. The van der Waals surface area contributed by atoms with Crippen LogP contribution >= 0.6 is 56.7 Å². The van der Waals surface area contributed by atoms with Gasteiger partial charge in [-0.1, -0.05) is 64.5 Å². The van der Waals surface area contributed by atoms with E-state index in [1.165, 1.54) is 112 Å². The van der Waals surface area contributed by atoms with Gasteiger partial charge in [-0.2, -0.15) is 0 Å². The topological polar surface area (TPSA) is 25.8 Å². The van der Waals surface area contributed by atoms with Gasteiger partial charge >= 0.3 is 0 Å². The molecule has 6 aromatic heterocycles. The molecule has 7 aromatic rings. The third-order valence-corrected chi connectivity index (χ3v) is 14.2. The molecule has 0 N–H and O–H groups in total. The molecule has 0 atom stereocenters. The number of aromatic nitrogens is 2. The minimum atomic E-state index is 0.942. The lowest BCUT2D eigenvalue weighted by molar-refractivity contribution is 0.670. The zero-order valence-corrected chi connectivity index (χ0v) is 31.2. The fourth-order valence-corrected chi connectivity index (χ4v) is 11.3. The minimum absolute atomic E-state index is 0.942. The highest BCUT2D eigenvalue weighted by Gasteiger charge is 2.11. The van der Waals surface area contributed by atoms with Crippen LogP contribution in [0.15, 0.2) is 72.8 Å². The Balaban J connectivity index is 1.19. The smallest absolute Gasteiger partial charge is 0.108 e. The van der Waals surface area contributed by atoms with Crippen LogP contribution in [0.5, 0.6) is 0 Å². The van der Waals surface area contributed by atoms with Gasteiger partial charge in [0, 0.05) is 39.0 Å². The lowest BCUT2D eigenvalue weighted by Crippen LogP contribution is -1.97. The summed E-state index contributed by atoms with van der Waals surface area (Å²) >= 11 is 9.44. The van der Waals surface area contributed by atoms with Crippen molar-refractivity contribution in [3.8, 4) is 19.5 Å². The van der Waals surface area contributed by atoms with Crippen molar-refractivity contribution < 1.29 is 0 Å². The Morgan fingerprint density at radius 1 is 0.468 bits per heavy atom. The largest absolute Gasteiger partial charge is 0.243 e. The molecular formula is C40H40N2S5. The van der Waals surface area contributed by atoms with Gasteiger partial charge in [-0.3, -0.25) is 0 Å². The van der Waals surface area contributed by atoms with Crippen molar-refractivity contribution in [2.45, 2.75) is 78.1 Å². The standard InChI is InChI=1S/C40H40N2S5/c1-3-5-7-9-13-27-17-21-33(43-27)35-23-19-29(45-35)25-37-39-40(42-32-16-12-11-15-31(32)41-39)38(47-37)26-30-20-24-36(46-30)34-22-18-28(44-34)14-10-8-6-4-2/h11-12,15-26H,3-10,13-14H2,1-2H3/b37-25-,38-26-. The van der Waals surface area contributed by atoms with E-state index in [0.29, 0.717) is 0 Å². The summed E-state index contributed by atoms with van der Waals surface area (Å²) in [5, 5.41) is 0. The quantitative estimate of drug-likeness (QED) is 0.105.